The zero-order valence-electron chi connectivity index (χ0n) is 16.1. The Labute approximate surface area is 168 Å². The Hall–Kier alpha value is -3.85. The van der Waals surface area contributed by atoms with Crippen LogP contribution in [0.5, 0.6) is 0 Å². The average Bonchev–Trinajstić information content (AvgIpc) is 3.11. The van der Waals surface area contributed by atoms with Crippen molar-refractivity contribution in [1.82, 2.24) is 0 Å². The summed E-state index contributed by atoms with van der Waals surface area (Å²) in [6.45, 7) is 2.90. The molecule has 0 saturated carbocycles. The van der Waals surface area contributed by atoms with E-state index in [9.17, 15) is 14.9 Å². The number of hydrogen-bond donors (Lipinski definition) is 1. The highest BCUT2D eigenvalue weighted by molar-refractivity contribution is 5.96. The van der Waals surface area contributed by atoms with E-state index >= 15 is 0 Å². The minimum atomic E-state index is -0.580. The van der Waals surface area contributed by atoms with Gasteiger partial charge in [-0.3, -0.25) is 14.9 Å². The first-order valence-electron chi connectivity index (χ1n) is 9.15. The van der Waals surface area contributed by atoms with Crippen LogP contribution >= 0.6 is 0 Å². The van der Waals surface area contributed by atoms with Crippen LogP contribution in [0, 0.1) is 17.2 Å². The Bertz CT molecular complexity index is 1050. The first kappa shape index (κ1) is 19.9. The molecule has 1 heterocycles. The molecule has 0 unspecified atom stereocenters. The van der Waals surface area contributed by atoms with Crippen molar-refractivity contribution >= 4 is 17.8 Å². The van der Waals surface area contributed by atoms with E-state index in [1.54, 1.807) is 13.8 Å². The highest BCUT2D eigenvalue weighted by Crippen LogP contribution is 2.41. The Balaban J connectivity index is 1.99. The number of esters is 1. The Morgan fingerprint density at radius 1 is 1.03 bits per heavy atom. The van der Waals surface area contributed by atoms with Gasteiger partial charge in [-0.15, -0.1) is 0 Å². The third kappa shape index (κ3) is 4.53. The van der Waals surface area contributed by atoms with Gasteiger partial charge in [0.05, 0.1) is 5.92 Å². The van der Waals surface area contributed by atoms with E-state index in [-0.39, 0.29) is 17.4 Å². The van der Waals surface area contributed by atoms with Gasteiger partial charge in [0.1, 0.15) is 17.4 Å². The molecule has 6 nitrogen and oxygen atoms in total. The molecule has 2 aromatic carbocycles. The zero-order chi connectivity index (χ0) is 20.8. The lowest BCUT2D eigenvalue weighted by atomic mass is 9.98. The van der Waals surface area contributed by atoms with E-state index in [4.69, 9.17) is 9.15 Å². The minimum absolute atomic E-state index is 0.0239. The van der Waals surface area contributed by atoms with Gasteiger partial charge < -0.3 is 9.15 Å². The molecule has 0 aliphatic heterocycles. The van der Waals surface area contributed by atoms with Crippen molar-refractivity contribution in [3.05, 3.63) is 66.2 Å². The van der Waals surface area contributed by atoms with Crippen molar-refractivity contribution in [3.8, 4) is 28.5 Å². The molecule has 0 bridgehead atoms. The second-order valence-electron chi connectivity index (χ2n) is 6.66. The first-order chi connectivity index (χ1) is 14.0. The van der Waals surface area contributed by atoms with Crippen LogP contribution in [0.2, 0.25) is 0 Å². The first-order valence-corrected chi connectivity index (χ1v) is 9.15. The predicted octanol–water partition coefficient (Wildman–Crippen LogP) is 4.62. The number of nitriles is 1. The van der Waals surface area contributed by atoms with Gasteiger partial charge in [0.15, 0.2) is 6.61 Å². The fourth-order valence-corrected chi connectivity index (χ4v) is 2.76. The van der Waals surface area contributed by atoms with Crippen molar-refractivity contribution in [1.29, 1.82) is 5.26 Å². The van der Waals surface area contributed by atoms with Crippen LogP contribution in [-0.2, 0) is 14.3 Å². The molecule has 0 saturated heterocycles. The summed E-state index contributed by atoms with van der Waals surface area (Å²) in [6.07, 6.45) is 0. The highest BCUT2D eigenvalue weighted by atomic mass is 16.5. The molecule has 1 N–H and O–H groups in total. The molecule has 29 heavy (non-hydrogen) atoms. The van der Waals surface area contributed by atoms with Crippen LogP contribution in [0.3, 0.4) is 0 Å². The molecule has 0 aliphatic rings. The number of rotatable bonds is 6. The van der Waals surface area contributed by atoms with Gasteiger partial charge in [-0.1, -0.05) is 74.5 Å². The largest absolute Gasteiger partial charge is 0.455 e. The Kier molecular flexibility index (Phi) is 6.10. The third-order valence-corrected chi connectivity index (χ3v) is 4.19. The summed E-state index contributed by atoms with van der Waals surface area (Å²) in [5.74, 6) is -0.896. The lowest BCUT2D eigenvalue weighted by Gasteiger charge is -2.06. The molecule has 0 fully saturated rings. The quantitative estimate of drug-likeness (QED) is 0.622. The van der Waals surface area contributed by atoms with Gasteiger partial charge in [-0.05, 0) is 5.56 Å². The highest BCUT2D eigenvalue weighted by Gasteiger charge is 2.24. The van der Waals surface area contributed by atoms with E-state index in [1.165, 1.54) is 0 Å². The number of benzene rings is 2. The molecule has 3 aromatic rings. The maximum absolute atomic E-state index is 12.2. The molecule has 0 spiro atoms. The normalized spacial score (nSPS) is 10.4. The molecule has 0 atom stereocenters. The molecule has 3 rings (SSSR count). The number of anilines is 1. The number of hydrogen-bond acceptors (Lipinski definition) is 5. The SMILES string of the molecule is CC(C)C(=O)OCC(=O)Nc1oc(-c2ccccc2)c(-c2ccccc2)c1C#N. The van der Waals surface area contributed by atoms with E-state index in [0.29, 0.717) is 11.3 Å². The standard InChI is InChI=1S/C23H20N2O4/c1-15(2)23(27)28-14-19(26)25-22-18(13-24)20(16-9-5-3-6-10-16)21(29-22)17-11-7-4-8-12-17/h3-12,15H,14H2,1-2H3,(H,25,26). The lowest BCUT2D eigenvalue weighted by Crippen LogP contribution is -2.22. The van der Waals surface area contributed by atoms with Crippen LogP contribution in [0.1, 0.15) is 19.4 Å². The topological polar surface area (TPSA) is 92.3 Å². The number of nitrogens with one attached hydrogen (secondary N) is 1. The fraction of sp³-hybridized carbons (Fsp3) is 0.174. The average molecular weight is 388 g/mol. The lowest BCUT2D eigenvalue weighted by molar-refractivity contribution is -0.150. The summed E-state index contributed by atoms with van der Waals surface area (Å²) in [5, 5.41) is 12.3. The number of carbonyl (C=O) groups excluding carboxylic acids is 2. The molecule has 6 heteroatoms. The summed E-state index contributed by atoms with van der Waals surface area (Å²) in [7, 11) is 0. The van der Waals surface area contributed by atoms with E-state index in [1.807, 2.05) is 60.7 Å². The fourth-order valence-electron chi connectivity index (χ4n) is 2.76. The van der Waals surface area contributed by atoms with Gasteiger partial charge in [0, 0.05) is 11.1 Å². The van der Waals surface area contributed by atoms with Crippen LogP contribution < -0.4 is 5.32 Å². The predicted molar refractivity (Wildman–Crippen MR) is 109 cm³/mol. The van der Waals surface area contributed by atoms with Crippen LogP contribution in [0.25, 0.3) is 22.5 Å². The van der Waals surface area contributed by atoms with Crippen LogP contribution in [0.4, 0.5) is 5.88 Å². The van der Waals surface area contributed by atoms with Gasteiger partial charge in [-0.25, -0.2) is 0 Å². The molecule has 0 aliphatic carbocycles. The second kappa shape index (κ2) is 8.89. The van der Waals surface area contributed by atoms with Gasteiger partial charge in [0.2, 0.25) is 5.88 Å². The van der Waals surface area contributed by atoms with E-state index in [0.717, 1.165) is 11.1 Å². The number of ether oxygens (including phenoxy) is 1. The second-order valence-corrected chi connectivity index (χ2v) is 6.66. The van der Waals surface area contributed by atoms with Gasteiger partial charge >= 0.3 is 5.97 Å². The smallest absolute Gasteiger partial charge is 0.308 e. The molecule has 146 valence electrons. The minimum Gasteiger partial charge on any atom is -0.455 e. The van der Waals surface area contributed by atoms with Gasteiger partial charge in [-0.2, -0.15) is 5.26 Å². The maximum Gasteiger partial charge on any atom is 0.308 e. The van der Waals surface area contributed by atoms with Crippen molar-refractivity contribution < 1.29 is 18.7 Å². The molecule has 0 radical (unpaired) electrons. The summed E-state index contributed by atoms with van der Waals surface area (Å²) >= 11 is 0. The maximum atomic E-state index is 12.2. The summed E-state index contributed by atoms with van der Waals surface area (Å²) in [6, 6.07) is 20.8. The number of amides is 1. The Morgan fingerprint density at radius 2 is 1.62 bits per heavy atom. The van der Waals surface area contributed by atoms with E-state index < -0.39 is 18.5 Å². The summed E-state index contributed by atoms with van der Waals surface area (Å²) < 4.78 is 10.8. The number of carbonyl (C=O) groups is 2. The summed E-state index contributed by atoms with van der Waals surface area (Å²) in [5.41, 5.74) is 2.36. The monoisotopic (exact) mass is 388 g/mol. The molecular weight excluding hydrogens is 368 g/mol. The van der Waals surface area contributed by atoms with Crippen molar-refractivity contribution in [2.75, 3.05) is 11.9 Å². The Morgan fingerprint density at radius 3 is 2.17 bits per heavy atom. The van der Waals surface area contributed by atoms with Crippen LogP contribution in [-0.4, -0.2) is 18.5 Å². The molecule has 1 amide bonds. The van der Waals surface area contributed by atoms with Crippen LogP contribution in [0.15, 0.2) is 65.1 Å². The third-order valence-electron chi connectivity index (χ3n) is 4.19. The van der Waals surface area contributed by atoms with Crippen molar-refractivity contribution in [2.45, 2.75) is 13.8 Å². The molecule has 1 aromatic heterocycles. The number of furan rings is 1. The molecular formula is C23H20N2O4. The van der Waals surface area contributed by atoms with Gasteiger partial charge in [0.25, 0.3) is 5.91 Å². The number of nitrogens with zero attached hydrogens (tertiary/aromatic N) is 1. The van der Waals surface area contributed by atoms with Crippen molar-refractivity contribution in [3.63, 3.8) is 0 Å². The zero-order valence-corrected chi connectivity index (χ0v) is 16.1. The van der Waals surface area contributed by atoms with E-state index in [2.05, 4.69) is 11.4 Å². The van der Waals surface area contributed by atoms with Crippen molar-refractivity contribution in [2.24, 2.45) is 5.92 Å². The summed E-state index contributed by atoms with van der Waals surface area (Å²) in [4.78, 5) is 23.8.